The molecule has 3 rings (SSSR count). The monoisotopic (exact) mass is 313 g/mol. The first-order valence-electron chi connectivity index (χ1n) is 7.17. The molecule has 0 atom stereocenters. The van der Waals surface area contributed by atoms with Crippen LogP contribution in [-0.2, 0) is 17.8 Å². The Morgan fingerprint density at radius 3 is 2.96 bits per heavy atom. The topological polar surface area (TPSA) is 55.6 Å². The highest BCUT2D eigenvalue weighted by molar-refractivity contribution is 5.78. The Labute approximate surface area is 132 Å². The lowest BCUT2D eigenvalue weighted by atomic mass is 10.1. The number of carbonyl (C=O) groups excluding carboxylic acids is 1. The molecule has 118 valence electrons. The summed E-state index contributed by atoms with van der Waals surface area (Å²) in [4.78, 5) is 16.4. The van der Waals surface area contributed by atoms with Gasteiger partial charge in [-0.3, -0.25) is 4.79 Å². The fourth-order valence-corrected chi connectivity index (χ4v) is 2.33. The second-order valence-electron chi connectivity index (χ2n) is 5.12. The third kappa shape index (κ3) is 3.48. The zero-order chi connectivity index (χ0) is 16.2. The van der Waals surface area contributed by atoms with Crippen LogP contribution in [0.5, 0.6) is 5.75 Å². The van der Waals surface area contributed by atoms with Crippen LogP contribution < -0.4 is 10.1 Å². The molecule has 3 aromatic rings. The molecule has 0 aliphatic heterocycles. The molecule has 0 aliphatic carbocycles. The second-order valence-corrected chi connectivity index (χ2v) is 5.12. The molecule has 0 bridgehead atoms. The van der Waals surface area contributed by atoms with Crippen LogP contribution in [-0.4, -0.2) is 22.4 Å². The van der Waals surface area contributed by atoms with E-state index in [1.807, 2.05) is 35.0 Å². The molecule has 23 heavy (non-hydrogen) atoms. The molecule has 5 nitrogen and oxygen atoms in total. The van der Waals surface area contributed by atoms with Gasteiger partial charge in [0.25, 0.3) is 0 Å². The normalized spacial score (nSPS) is 10.7. The van der Waals surface area contributed by atoms with E-state index >= 15 is 0 Å². The quantitative estimate of drug-likeness (QED) is 0.786. The Morgan fingerprint density at radius 1 is 1.35 bits per heavy atom. The Bertz CT molecular complexity index is 812. The van der Waals surface area contributed by atoms with E-state index in [2.05, 4.69) is 10.3 Å². The van der Waals surface area contributed by atoms with Gasteiger partial charge in [0, 0.05) is 12.4 Å². The Kier molecular flexibility index (Phi) is 4.23. The highest BCUT2D eigenvalue weighted by Crippen LogP contribution is 2.17. The van der Waals surface area contributed by atoms with Gasteiger partial charge >= 0.3 is 0 Å². The maximum atomic E-state index is 13.6. The minimum absolute atomic E-state index is 0.105. The number of nitrogens with one attached hydrogen (secondary N) is 1. The summed E-state index contributed by atoms with van der Waals surface area (Å²) in [6, 6.07) is 10.2. The summed E-state index contributed by atoms with van der Waals surface area (Å²) >= 11 is 0. The number of carbonyl (C=O) groups is 1. The van der Waals surface area contributed by atoms with Crippen molar-refractivity contribution in [1.29, 1.82) is 0 Å². The molecule has 0 saturated carbocycles. The average Bonchev–Trinajstić information content (AvgIpc) is 2.96. The van der Waals surface area contributed by atoms with Crippen LogP contribution in [0.1, 0.15) is 11.3 Å². The second kappa shape index (κ2) is 6.48. The molecule has 6 heteroatoms. The average molecular weight is 313 g/mol. The zero-order valence-corrected chi connectivity index (χ0v) is 12.6. The van der Waals surface area contributed by atoms with E-state index in [4.69, 9.17) is 4.74 Å². The van der Waals surface area contributed by atoms with Gasteiger partial charge in [0.2, 0.25) is 5.91 Å². The van der Waals surface area contributed by atoms with E-state index in [9.17, 15) is 9.18 Å². The van der Waals surface area contributed by atoms with Gasteiger partial charge in [-0.2, -0.15) is 0 Å². The molecule has 0 saturated heterocycles. The van der Waals surface area contributed by atoms with Crippen molar-refractivity contribution in [2.45, 2.75) is 13.0 Å². The van der Waals surface area contributed by atoms with E-state index in [0.29, 0.717) is 12.1 Å². The van der Waals surface area contributed by atoms with E-state index in [-0.39, 0.29) is 18.1 Å². The molecule has 0 radical (unpaired) electrons. The van der Waals surface area contributed by atoms with Crippen LogP contribution in [0.25, 0.3) is 5.65 Å². The van der Waals surface area contributed by atoms with E-state index in [1.54, 1.807) is 6.07 Å². The van der Waals surface area contributed by atoms with Gasteiger partial charge in [-0.1, -0.05) is 12.1 Å². The first-order chi connectivity index (χ1) is 11.2. The number of halogens is 1. The maximum absolute atomic E-state index is 13.6. The number of pyridine rings is 1. The van der Waals surface area contributed by atoms with Gasteiger partial charge < -0.3 is 14.5 Å². The van der Waals surface area contributed by atoms with Crippen LogP contribution in [0, 0.1) is 5.82 Å². The molecule has 1 amide bonds. The first-order valence-corrected chi connectivity index (χ1v) is 7.17. The molecule has 0 aliphatic rings. The van der Waals surface area contributed by atoms with Crippen LogP contribution in [0.15, 0.2) is 48.8 Å². The largest absolute Gasteiger partial charge is 0.494 e. The number of benzene rings is 1. The summed E-state index contributed by atoms with van der Waals surface area (Å²) < 4.78 is 20.3. The number of ether oxygens (including phenoxy) is 1. The molecular formula is C17H16FN3O2. The lowest BCUT2D eigenvalue weighted by Gasteiger charge is -2.06. The zero-order valence-electron chi connectivity index (χ0n) is 12.6. The van der Waals surface area contributed by atoms with Gasteiger partial charge in [-0.25, -0.2) is 9.37 Å². The molecule has 1 aromatic carbocycles. The van der Waals surface area contributed by atoms with Crippen LogP contribution in [0.2, 0.25) is 0 Å². The summed E-state index contributed by atoms with van der Waals surface area (Å²) in [6.07, 6.45) is 3.87. The first kappa shape index (κ1) is 15.0. The summed E-state index contributed by atoms with van der Waals surface area (Å²) in [5, 5.41) is 2.79. The fourth-order valence-electron chi connectivity index (χ4n) is 2.33. The van der Waals surface area contributed by atoms with Crippen molar-refractivity contribution >= 4 is 11.6 Å². The molecule has 1 N–H and O–H groups in total. The number of fused-ring (bicyclic) bond motifs is 1. The summed E-state index contributed by atoms with van der Waals surface area (Å²) in [5.41, 5.74) is 2.19. The third-order valence-corrected chi connectivity index (χ3v) is 3.46. The van der Waals surface area contributed by atoms with Crippen molar-refractivity contribution in [2.24, 2.45) is 0 Å². The summed E-state index contributed by atoms with van der Waals surface area (Å²) in [7, 11) is 1.40. The highest BCUT2D eigenvalue weighted by atomic mass is 19.1. The molecule has 2 aromatic heterocycles. The van der Waals surface area contributed by atoms with E-state index in [1.165, 1.54) is 19.2 Å². The third-order valence-electron chi connectivity index (χ3n) is 3.46. The predicted molar refractivity (Wildman–Crippen MR) is 83.7 cm³/mol. The minimum atomic E-state index is -0.474. The van der Waals surface area contributed by atoms with Crippen molar-refractivity contribution in [3.05, 3.63) is 65.9 Å². The fraction of sp³-hybridized carbons (Fsp3) is 0.176. The van der Waals surface area contributed by atoms with Gasteiger partial charge in [0.05, 0.1) is 25.8 Å². The van der Waals surface area contributed by atoms with Gasteiger partial charge in [-0.05, 0) is 29.8 Å². The molecule has 0 fully saturated rings. The lowest BCUT2D eigenvalue weighted by molar-refractivity contribution is -0.120. The van der Waals surface area contributed by atoms with E-state index in [0.717, 1.165) is 11.3 Å². The molecular weight excluding hydrogens is 297 g/mol. The summed E-state index contributed by atoms with van der Waals surface area (Å²) in [6.45, 7) is 0.332. The number of rotatable bonds is 5. The number of methoxy groups -OCH3 is 1. The number of hydrogen-bond donors (Lipinski definition) is 1. The van der Waals surface area contributed by atoms with Crippen molar-refractivity contribution in [1.82, 2.24) is 14.7 Å². The number of amides is 1. The SMILES string of the molecule is COc1ccc(CC(=O)NCc2cn3ccccc3n2)cc1F. The smallest absolute Gasteiger partial charge is 0.224 e. The van der Waals surface area contributed by atoms with E-state index < -0.39 is 5.82 Å². The van der Waals surface area contributed by atoms with Gasteiger partial charge in [0.1, 0.15) is 5.65 Å². The highest BCUT2D eigenvalue weighted by Gasteiger charge is 2.08. The number of nitrogens with zero attached hydrogens (tertiary/aromatic N) is 2. The molecule has 2 heterocycles. The minimum Gasteiger partial charge on any atom is -0.494 e. The summed E-state index contributed by atoms with van der Waals surface area (Å²) in [5.74, 6) is -0.497. The van der Waals surface area contributed by atoms with Crippen molar-refractivity contribution in [2.75, 3.05) is 7.11 Å². The molecule has 0 spiro atoms. The van der Waals surface area contributed by atoms with Crippen molar-refractivity contribution in [3.63, 3.8) is 0 Å². The number of aromatic nitrogens is 2. The standard InChI is InChI=1S/C17H16FN3O2/c1-23-15-6-5-12(8-14(15)18)9-17(22)19-10-13-11-21-7-3-2-4-16(21)20-13/h2-8,11H,9-10H2,1H3,(H,19,22). The van der Waals surface area contributed by atoms with Crippen LogP contribution in [0.3, 0.4) is 0 Å². The van der Waals surface area contributed by atoms with Crippen LogP contribution >= 0.6 is 0 Å². The number of hydrogen-bond acceptors (Lipinski definition) is 3. The maximum Gasteiger partial charge on any atom is 0.224 e. The van der Waals surface area contributed by atoms with Crippen molar-refractivity contribution < 1.29 is 13.9 Å². The van der Waals surface area contributed by atoms with Crippen molar-refractivity contribution in [3.8, 4) is 5.75 Å². The Balaban J connectivity index is 1.60. The van der Waals surface area contributed by atoms with Crippen LogP contribution in [0.4, 0.5) is 4.39 Å². The predicted octanol–water partition coefficient (Wildman–Crippen LogP) is 2.34. The van der Waals surface area contributed by atoms with Gasteiger partial charge in [-0.15, -0.1) is 0 Å². The Morgan fingerprint density at radius 2 is 2.22 bits per heavy atom. The number of imidazole rings is 1. The molecule has 0 unspecified atom stereocenters. The van der Waals surface area contributed by atoms with Gasteiger partial charge in [0.15, 0.2) is 11.6 Å². The lowest BCUT2D eigenvalue weighted by Crippen LogP contribution is -2.24. The Hall–Kier alpha value is -2.89.